The van der Waals surface area contributed by atoms with Crippen molar-refractivity contribution in [3.63, 3.8) is 0 Å². The highest BCUT2D eigenvalue weighted by molar-refractivity contribution is 5.94. The van der Waals surface area contributed by atoms with Gasteiger partial charge in [-0.2, -0.15) is 0 Å². The number of hydrogen-bond donors (Lipinski definition) is 7. The molecule has 10 heteroatoms. The van der Waals surface area contributed by atoms with Crippen molar-refractivity contribution in [3.8, 4) is 0 Å². The summed E-state index contributed by atoms with van der Waals surface area (Å²) in [7, 11) is 0. The SMILES string of the molecule is CCN(CC)CCNC(=O)c1ccc(N)cc1.OC[C@H]1OC(O)[C@H](O)[C@@H](O)[C@@H]1O. The highest BCUT2D eigenvalue weighted by Crippen LogP contribution is 2.19. The number of nitrogens with one attached hydrogen (secondary N) is 1. The van der Waals surface area contributed by atoms with Crippen molar-refractivity contribution >= 4 is 11.6 Å². The van der Waals surface area contributed by atoms with Crippen LogP contribution in [-0.4, -0.2) is 99.8 Å². The first-order valence-corrected chi connectivity index (χ1v) is 9.59. The van der Waals surface area contributed by atoms with Crippen LogP contribution in [0.2, 0.25) is 0 Å². The first kappa shape index (κ1) is 25.2. The van der Waals surface area contributed by atoms with Crippen LogP contribution < -0.4 is 11.1 Å². The average molecular weight is 415 g/mol. The Morgan fingerprint density at radius 3 is 2.17 bits per heavy atom. The Hall–Kier alpha value is -1.79. The molecule has 1 unspecified atom stereocenters. The Morgan fingerprint density at radius 2 is 1.66 bits per heavy atom. The molecule has 1 aromatic rings. The standard InChI is InChI=1S/C13H21N3O.C6H12O6/c1-3-16(4-2)10-9-15-13(17)11-5-7-12(14)8-6-11;7-1-2-3(8)4(9)5(10)6(11)12-2/h5-8H,3-4,9-10,14H2,1-2H3,(H,15,17);2-11H,1H2/t;2-,3-,4+,5-,6?/m.1/s1. The molecule has 1 amide bonds. The van der Waals surface area contributed by atoms with Crippen LogP contribution in [0.3, 0.4) is 0 Å². The van der Waals surface area contributed by atoms with Gasteiger partial charge < -0.3 is 46.2 Å². The third kappa shape index (κ3) is 7.86. The molecule has 10 nitrogen and oxygen atoms in total. The minimum atomic E-state index is -1.57. The molecule has 29 heavy (non-hydrogen) atoms. The van der Waals surface area contributed by atoms with E-state index in [1.807, 2.05) is 0 Å². The maximum atomic E-state index is 11.7. The van der Waals surface area contributed by atoms with Gasteiger partial charge in [-0.05, 0) is 37.4 Å². The molecule has 1 fully saturated rings. The number of ether oxygens (including phenoxy) is 1. The third-order valence-corrected chi connectivity index (χ3v) is 4.65. The summed E-state index contributed by atoms with van der Waals surface area (Å²) in [4.78, 5) is 14.0. The highest BCUT2D eigenvalue weighted by atomic mass is 16.6. The van der Waals surface area contributed by atoms with Crippen molar-refractivity contribution in [2.45, 2.75) is 44.6 Å². The van der Waals surface area contributed by atoms with Gasteiger partial charge >= 0.3 is 0 Å². The number of rotatable bonds is 7. The second-order valence-corrected chi connectivity index (χ2v) is 6.62. The lowest BCUT2D eigenvalue weighted by molar-refractivity contribution is -0.286. The summed E-state index contributed by atoms with van der Waals surface area (Å²) >= 11 is 0. The zero-order valence-electron chi connectivity index (χ0n) is 16.8. The fraction of sp³-hybridized carbons (Fsp3) is 0.632. The van der Waals surface area contributed by atoms with E-state index in [1.165, 1.54) is 0 Å². The van der Waals surface area contributed by atoms with E-state index in [-0.39, 0.29) is 5.91 Å². The summed E-state index contributed by atoms with van der Waals surface area (Å²) in [6, 6.07) is 6.95. The fourth-order valence-electron chi connectivity index (χ4n) is 2.69. The summed E-state index contributed by atoms with van der Waals surface area (Å²) in [5, 5.41) is 47.6. The molecule has 1 aliphatic rings. The Balaban J connectivity index is 0.000000308. The molecule has 0 radical (unpaired) electrons. The molecule has 1 saturated heterocycles. The van der Waals surface area contributed by atoms with Crippen LogP contribution in [0, 0.1) is 0 Å². The van der Waals surface area contributed by atoms with Gasteiger partial charge in [0.05, 0.1) is 6.61 Å². The number of benzene rings is 1. The summed E-state index contributed by atoms with van der Waals surface area (Å²) in [5.74, 6) is -0.0443. The summed E-state index contributed by atoms with van der Waals surface area (Å²) in [6.07, 6.45) is -7.04. The molecule has 0 aromatic heterocycles. The highest BCUT2D eigenvalue weighted by Gasteiger charge is 2.42. The summed E-state index contributed by atoms with van der Waals surface area (Å²) in [6.45, 7) is 7.28. The Morgan fingerprint density at radius 1 is 1.07 bits per heavy atom. The number of carbonyl (C=O) groups excluding carboxylic acids is 1. The van der Waals surface area contributed by atoms with E-state index in [1.54, 1.807) is 24.3 Å². The molecule has 2 rings (SSSR count). The number of nitrogens with zero attached hydrogens (tertiary/aromatic N) is 1. The van der Waals surface area contributed by atoms with Gasteiger partial charge in [0.25, 0.3) is 5.91 Å². The Labute approximate surface area is 170 Å². The quantitative estimate of drug-likeness (QED) is 0.252. The topological polar surface area (TPSA) is 169 Å². The van der Waals surface area contributed by atoms with E-state index in [2.05, 4.69) is 28.8 Å². The van der Waals surface area contributed by atoms with Crippen molar-refractivity contribution in [3.05, 3.63) is 29.8 Å². The van der Waals surface area contributed by atoms with Crippen LogP contribution in [0.25, 0.3) is 0 Å². The minimum Gasteiger partial charge on any atom is -0.399 e. The van der Waals surface area contributed by atoms with Crippen LogP contribution in [-0.2, 0) is 4.74 Å². The molecule has 1 heterocycles. The Kier molecular flexibility index (Phi) is 11.1. The average Bonchev–Trinajstić information content (AvgIpc) is 2.73. The van der Waals surface area contributed by atoms with Crippen molar-refractivity contribution in [2.24, 2.45) is 0 Å². The zero-order valence-corrected chi connectivity index (χ0v) is 16.8. The molecular formula is C19H33N3O7. The van der Waals surface area contributed by atoms with Gasteiger partial charge in [-0.3, -0.25) is 4.79 Å². The number of hydrogen-bond acceptors (Lipinski definition) is 9. The normalized spacial score (nSPS) is 26.6. The van der Waals surface area contributed by atoms with E-state index < -0.39 is 37.3 Å². The third-order valence-electron chi connectivity index (χ3n) is 4.65. The van der Waals surface area contributed by atoms with Gasteiger partial charge in [-0.25, -0.2) is 0 Å². The predicted molar refractivity (Wildman–Crippen MR) is 107 cm³/mol. The first-order chi connectivity index (χ1) is 13.7. The van der Waals surface area contributed by atoms with Crippen LogP contribution in [0.15, 0.2) is 24.3 Å². The molecule has 0 spiro atoms. The fourth-order valence-corrected chi connectivity index (χ4v) is 2.69. The lowest BCUT2D eigenvalue weighted by Crippen LogP contribution is -2.58. The van der Waals surface area contributed by atoms with Gasteiger partial charge in [-0.1, -0.05) is 13.8 Å². The summed E-state index contributed by atoms with van der Waals surface area (Å²) < 4.78 is 4.58. The number of nitrogen functional groups attached to an aromatic ring is 1. The predicted octanol–water partition coefficient (Wildman–Crippen LogP) is -1.88. The monoisotopic (exact) mass is 415 g/mol. The van der Waals surface area contributed by atoms with Crippen molar-refractivity contribution in [1.29, 1.82) is 0 Å². The van der Waals surface area contributed by atoms with Crippen molar-refractivity contribution in [2.75, 3.05) is 38.5 Å². The Bertz CT molecular complexity index is 593. The molecule has 5 atom stereocenters. The van der Waals surface area contributed by atoms with E-state index in [0.717, 1.165) is 19.6 Å². The number of amides is 1. The van der Waals surface area contributed by atoms with E-state index in [4.69, 9.17) is 31.3 Å². The largest absolute Gasteiger partial charge is 0.399 e. The van der Waals surface area contributed by atoms with Gasteiger partial charge in [-0.15, -0.1) is 0 Å². The maximum absolute atomic E-state index is 11.7. The van der Waals surface area contributed by atoms with Crippen LogP contribution in [0.1, 0.15) is 24.2 Å². The molecule has 0 bridgehead atoms. The van der Waals surface area contributed by atoms with Crippen LogP contribution in [0.4, 0.5) is 5.69 Å². The number of aliphatic hydroxyl groups excluding tert-OH is 5. The molecule has 1 aliphatic heterocycles. The minimum absolute atomic E-state index is 0.0443. The molecule has 8 N–H and O–H groups in total. The van der Waals surface area contributed by atoms with Gasteiger partial charge in [0, 0.05) is 24.3 Å². The second-order valence-electron chi connectivity index (χ2n) is 6.62. The van der Waals surface area contributed by atoms with Gasteiger partial charge in [0.15, 0.2) is 6.29 Å². The zero-order chi connectivity index (χ0) is 22.0. The van der Waals surface area contributed by atoms with Gasteiger partial charge in [0.2, 0.25) is 0 Å². The maximum Gasteiger partial charge on any atom is 0.251 e. The van der Waals surface area contributed by atoms with E-state index in [0.29, 0.717) is 17.8 Å². The van der Waals surface area contributed by atoms with Crippen LogP contribution in [0.5, 0.6) is 0 Å². The van der Waals surface area contributed by atoms with Crippen molar-refractivity contribution in [1.82, 2.24) is 10.2 Å². The smallest absolute Gasteiger partial charge is 0.251 e. The molecule has 1 aromatic carbocycles. The number of carbonyl (C=O) groups is 1. The lowest BCUT2D eigenvalue weighted by atomic mass is 10.00. The van der Waals surface area contributed by atoms with E-state index >= 15 is 0 Å². The summed E-state index contributed by atoms with van der Waals surface area (Å²) in [5.41, 5.74) is 6.89. The molecule has 0 saturated carbocycles. The number of anilines is 1. The molecular weight excluding hydrogens is 382 g/mol. The number of nitrogens with two attached hydrogens (primary N) is 1. The second kappa shape index (κ2) is 12.7. The van der Waals surface area contributed by atoms with Gasteiger partial charge in [0.1, 0.15) is 24.4 Å². The number of likely N-dealkylation sites (N-methyl/N-ethyl adjacent to an activating group) is 1. The van der Waals surface area contributed by atoms with Crippen LogP contribution >= 0.6 is 0 Å². The van der Waals surface area contributed by atoms with E-state index in [9.17, 15) is 4.79 Å². The lowest BCUT2D eigenvalue weighted by Gasteiger charge is -2.37. The molecule has 166 valence electrons. The van der Waals surface area contributed by atoms with Crippen molar-refractivity contribution < 1.29 is 35.1 Å². The number of aliphatic hydroxyl groups is 5. The molecule has 0 aliphatic carbocycles. The first-order valence-electron chi connectivity index (χ1n) is 9.59.